The van der Waals surface area contributed by atoms with Crippen LogP contribution in [-0.4, -0.2) is 19.4 Å². The number of hydrogen-bond acceptors (Lipinski definition) is 2. The summed E-state index contributed by atoms with van der Waals surface area (Å²) in [5.41, 5.74) is 3.77. The summed E-state index contributed by atoms with van der Waals surface area (Å²) in [6.45, 7) is 5.16. The van der Waals surface area contributed by atoms with Crippen molar-refractivity contribution in [3.8, 4) is 5.75 Å². The number of ether oxygens (including phenoxy) is 1. The van der Waals surface area contributed by atoms with Crippen molar-refractivity contribution in [2.24, 2.45) is 4.99 Å². The van der Waals surface area contributed by atoms with Crippen LogP contribution in [0.5, 0.6) is 5.75 Å². The smallest absolute Gasteiger partial charge is 0.119 e. The highest BCUT2D eigenvalue weighted by Crippen LogP contribution is 2.28. The van der Waals surface area contributed by atoms with Gasteiger partial charge in [-0.3, -0.25) is 4.99 Å². The van der Waals surface area contributed by atoms with Gasteiger partial charge in [0.15, 0.2) is 0 Å². The first-order valence-corrected chi connectivity index (χ1v) is 4.91. The largest absolute Gasteiger partial charge is 0.497 e. The predicted molar refractivity (Wildman–Crippen MR) is 58.5 cm³/mol. The van der Waals surface area contributed by atoms with Crippen molar-refractivity contribution in [1.82, 2.24) is 0 Å². The van der Waals surface area contributed by atoms with E-state index in [1.165, 1.54) is 11.1 Å². The summed E-state index contributed by atoms with van der Waals surface area (Å²) in [5, 5.41) is 0. The number of methoxy groups -OCH3 is 1. The topological polar surface area (TPSA) is 21.6 Å². The van der Waals surface area contributed by atoms with E-state index in [4.69, 9.17) is 4.74 Å². The third-order valence-electron chi connectivity index (χ3n) is 2.78. The Hall–Kier alpha value is -1.31. The molecule has 1 heterocycles. The van der Waals surface area contributed by atoms with Crippen LogP contribution in [0.4, 0.5) is 0 Å². The third kappa shape index (κ3) is 1.41. The molecule has 1 aliphatic heterocycles. The molecule has 2 rings (SSSR count). The standard InChI is InChI=1S/C12H15NO/c1-8-7-13-9(2)11-5-4-10(14-3)6-12(8)11/h4-6,8H,7H2,1-3H3. The van der Waals surface area contributed by atoms with Crippen LogP contribution < -0.4 is 4.74 Å². The minimum atomic E-state index is 0.504. The highest BCUT2D eigenvalue weighted by Gasteiger charge is 2.17. The van der Waals surface area contributed by atoms with Gasteiger partial charge in [-0.1, -0.05) is 6.92 Å². The third-order valence-corrected chi connectivity index (χ3v) is 2.78. The first-order chi connectivity index (χ1) is 6.72. The Kier molecular flexibility index (Phi) is 2.28. The van der Waals surface area contributed by atoms with Crippen LogP contribution in [-0.2, 0) is 0 Å². The van der Waals surface area contributed by atoms with Gasteiger partial charge in [0.1, 0.15) is 5.75 Å². The quantitative estimate of drug-likeness (QED) is 0.665. The summed E-state index contributed by atoms with van der Waals surface area (Å²) < 4.78 is 5.22. The Labute approximate surface area is 84.6 Å². The molecule has 0 N–H and O–H groups in total. The van der Waals surface area contributed by atoms with Gasteiger partial charge in [-0.2, -0.15) is 0 Å². The van der Waals surface area contributed by atoms with Crippen molar-refractivity contribution in [3.63, 3.8) is 0 Å². The molecule has 2 heteroatoms. The van der Waals surface area contributed by atoms with Crippen LogP contribution in [0.2, 0.25) is 0 Å². The van der Waals surface area contributed by atoms with E-state index in [-0.39, 0.29) is 0 Å². The van der Waals surface area contributed by atoms with Gasteiger partial charge in [0.05, 0.1) is 7.11 Å². The summed E-state index contributed by atoms with van der Waals surface area (Å²) in [4.78, 5) is 4.48. The second-order valence-corrected chi connectivity index (χ2v) is 3.78. The molecule has 0 saturated heterocycles. The lowest BCUT2D eigenvalue weighted by Gasteiger charge is -2.20. The van der Waals surface area contributed by atoms with Crippen LogP contribution in [0.3, 0.4) is 0 Å². The maximum absolute atomic E-state index is 5.22. The van der Waals surface area contributed by atoms with E-state index in [2.05, 4.69) is 31.0 Å². The zero-order chi connectivity index (χ0) is 10.1. The minimum absolute atomic E-state index is 0.504. The van der Waals surface area contributed by atoms with Crippen molar-refractivity contribution >= 4 is 5.71 Å². The lowest BCUT2D eigenvalue weighted by atomic mass is 9.91. The summed E-state index contributed by atoms with van der Waals surface area (Å²) in [6.07, 6.45) is 0. The number of hydrogen-bond donors (Lipinski definition) is 0. The SMILES string of the molecule is COc1ccc2c(c1)C(C)CN=C2C. The number of aliphatic imine (C=N–C) groups is 1. The molecule has 0 spiro atoms. The van der Waals surface area contributed by atoms with Crippen LogP contribution in [0.25, 0.3) is 0 Å². The first-order valence-electron chi connectivity index (χ1n) is 4.91. The zero-order valence-electron chi connectivity index (χ0n) is 8.87. The molecule has 0 saturated carbocycles. The number of benzene rings is 1. The maximum Gasteiger partial charge on any atom is 0.119 e. The molecule has 1 aromatic rings. The molecule has 2 nitrogen and oxygen atoms in total. The maximum atomic E-state index is 5.22. The van der Waals surface area contributed by atoms with Crippen molar-refractivity contribution in [3.05, 3.63) is 29.3 Å². The molecular weight excluding hydrogens is 174 g/mol. The normalized spacial score (nSPS) is 19.9. The monoisotopic (exact) mass is 189 g/mol. The Bertz CT molecular complexity index is 382. The lowest BCUT2D eigenvalue weighted by molar-refractivity contribution is 0.414. The molecule has 0 bridgehead atoms. The van der Waals surface area contributed by atoms with Gasteiger partial charge >= 0.3 is 0 Å². The average molecular weight is 189 g/mol. The van der Waals surface area contributed by atoms with E-state index in [1.54, 1.807) is 7.11 Å². The van der Waals surface area contributed by atoms with Gasteiger partial charge in [0, 0.05) is 18.2 Å². The van der Waals surface area contributed by atoms with Crippen LogP contribution in [0, 0.1) is 0 Å². The van der Waals surface area contributed by atoms with E-state index in [0.29, 0.717) is 5.92 Å². The molecule has 1 aliphatic rings. The van der Waals surface area contributed by atoms with Gasteiger partial charge < -0.3 is 4.74 Å². The molecule has 74 valence electrons. The van der Waals surface area contributed by atoms with E-state index in [1.807, 2.05) is 6.07 Å². The van der Waals surface area contributed by atoms with Crippen molar-refractivity contribution in [2.75, 3.05) is 13.7 Å². The molecule has 1 aromatic carbocycles. The van der Waals surface area contributed by atoms with Crippen molar-refractivity contribution in [1.29, 1.82) is 0 Å². The molecule has 0 radical (unpaired) electrons. The Morgan fingerprint density at radius 3 is 2.93 bits per heavy atom. The van der Waals surface area contributed by atoms with Crippen LogP contribution in [0.1, 0.15) is 30.9 Å². The number of fused-ring (bicyclic) bond motifs is 1. The second-order valence-electron chi connectivity index (χ2n) is 3.78. The van der Waals surface area contributed by atoms with Crippen LogP contribution >= 0.6 is 0 Å². The Morgan fingerprint density at radius 2 is 2.21 bits per heavy atom. The van der Waals surface area contributed by atoms with Crippen LogP contribution in [0.15, 0.2) is 23.2 Å². The fourth-order valence-corrected chi connectivity index (χ4v) is 1.86. The molecule has 14 heavy (non-hydrogen) atoms. The Morgan fingerprint density at radius 1 is 1.43 bits per heavy atom. The summed E-state index contributed by atoms with van der Waals surface area (Å²) >= 11 is 0. The van der Waals surface area contributed by atoms with Crippen molar-refractivity contribution < 1.29 is 4.74 Å². The highest BCUT2D eigenvalue weighted by molar-refractivity contribution is 6.01. The Balaban J connectivity index is 2.53. The van der Waals surface area contributed by atoms with E-state index < -0.39 is 0 Å². The van der Waals surface area contributed by atoms with Crippen molar-refractivity contribution in [2.45, 2.75) is 19.8 Å². The van der Waals surface area contributed by atoms with Gasteiger partial charge in [-0.05, 0) is 36.2 Å². The van der Waals surface area contributed by atoms with Gasteiger partial charge in [0.25, 0.3) is 0 Å². The number of rotatable bonds is 1. The van der Waals surface area contributed by atoms with E-state index in [9.17, 15) is 0 Å². The second kappa shape index (κ2) is 3.45. The highest BCUT2D eigenvalue weighted by atomic mass is 16.5. The molecule has 0 aliphatic carbocycles. The fraction of sp³-hybridized carbons (Fsp3) is 0.417. The van der Waals surface area contributed by atoms with Gasteiger partial charge in [-0.25, -0.2) is 0 Å². The van der Waals surface area contributed by atoms with Gasteiger partial charge in [0.2, 0.25) is 0 Å². The van der Waals surface area contributed by atoms with E-state index >= 15 is 0 Å². The summed E-state index contributed by atoms with van der Waals surface area (Å²) in [7, 11) is 1.70. The minimum Gasteiger partial charge on any atom is -0.497 e. The lowest BCUT2D eigenvalue weighted by Crippen LogP contribution is -2.13. The zero-order valence-corrected chi connectivity index (χ0v) is 8.87. The molecular formula is C12H15NO. The van der Waals surface area contributed by atoms with E-state index in [0.717, 1.165) is 18.0 Å². The molecule has 0 amide bonds. The van der Waals surface area contributed by atoms with Gasteiger partial charge in [-0.15, -0.1) is 0 Å². The first kappa shape index (κ1) is 9.25. The average Bonchev–Trinajstić information content (AvgIpc) is 2.23. The summed E-state index contributed by atoms with van der Waals surface area (Å²) in [6, 6.07) is 6.22. The number of nitrogens with zero attached hydrogens (tertiary/aromatic N) is 1. The molecule has 0 aromatic heterocycles. The molecule has 1 atom stereocenters. The summed E-state index contributed by atoms with van der Waals surface area (Å²) in [5.74, 6) is 1.44. The molecule has 1 unspecified atom stereocenters. The fourth-order valence-electron chi connectivity index (χ4n) is 1.86. The molecule has 0 fully saturated rings. The predicted octanol–water partition coefficient (Wildman–Crippen LogP) is 2.62.